The van der Waals surface area contributed by atoms with Crippen molar-refractivity contribution in [2.45, 2.75) is 25.8 Å². The summed E-state index contributed by atoms with van der Waals surface area (Å²) in [6, 6.07) is 3.84. The van der Waals surface area contributed by atoms with Gasteiger partial charge in [-0.15, -0.1) is 0 Å². The van der Waals surface area contributed by atoms with E-state index >= 15 is 0 Å². The van der Waals surface area contributed by atoms with Gasteiger partial charge in [-0.25, -0.2) is 0 Å². The Labute approximate surface area is 122 Å². The highest BCUT2D eigenvalue weighted by Crippen LogP contribution is 2.29. The maximum Gasteiger partial charge on any atom is 0.271 e. The number of amides is 1. The fraction of sp³-hybridized carbons (Fsp3) is 0.500. The minimum absolute atomic E-state index is 0.0873. The number of carbonyl (C=O) groups excluding carboxylic acids is 1. The van der Waals surface area contributed by atoms with Gasteiger partial charge in [-0.3, -0.25) is 14.9 Å². The van der Waals surface area contributed by atoms with Crippen LogP contribution in [0.2, 0.25) is 0 Å². The van der Waals surface area contributed by atoms with E-state index in [1.165, 1.54) is 25.3 Å². The molecule has 21 heavy (non-hydrogen) atoms. The summed E-state index contributed by atoms with van der Waals surface area (Å²) in [6.07, 6.45) is 2.03. The summed E-state index contributed by atoms with van der Waals surface area (Å²) in [4.78, 5) is 22.7. The molecule has 7 heteroatoms. The summed E-state index contributed by atoms with van der Waals surface area (Å²) < 4.78 is 5.14. The maximum atomic E-state index is 12.3. The second kappa shape index (κ2) is 6.53. The molecular formula is C14H19N3O4. The average molecular weight is 293 g/mol. The van der Waals surface area contributed by atoms with Gasteiger partial charge in [-0.2, -0.15) is 0 Å². The molecule has 1 heterocycles. The van der Waals surface area contributed by atoms with Gasteiger partial charge in [0.1, 0.15) is 5.75 Å². The summed E-state index contributed by atoms with van der Waals surface area (Å²) in [7, 11) is 1.46. The lowest BCUT2D eigenvalue weighted by molar-refractivity contribution is -0.384. The smallest absolute Gasteiger partial charge is 0.271 e. The van der Waals surface area contributed by atoms with Crippen molar-refractivity contribution in [2.75, 3.05) is 19.0 Å². The molecule has 1 saturated heterocycles. The molecule has 2 unspecified atom stereocenters. The zero-order valence-electron chi connectivity index (χ0n) is 12.1. The van der Waals surface area contributed by atoms with Crippen molar-refractivity contribution in [1.29, 1.82) is 0 Å². The molecule has 1 aromatic carbocycles. The minimum atomic E-state index is -0.503. The van der Waals surface area contributed by atoms with Gasteiger partial charge in [-0.1, -0.05) is 6.92 Å². The number of non-ortho nitro benzene ring substituents is 1. The highest BCUT2D eigenvalue weighted by molar-refractivity contribution is 5.96. The number of nitro groups is 1. The molecule has 0 aromatic heterocycles. The van der Waals surface area contributed by atoms with Crippen LogP contribution < -0.4 is 15.4 Å². The van der Waals surface area contributed by atoms with Crippen LogP contribution in [0.15, 0.2) is 18.2 Å². The monoisotopic (exact) mass is 293 g/mol. The van der Waals surface area contributed by atoms with Gasteiger partial charge in [-0.05, 0) is 31.4 Å². The average Bonchev–Trinajstić information content (AvgIpc) is 2.47. The van der Waals surface area contributed by atoms with Gasteiger partial charge >= 0.3 is 0 Å². The summed E-state index contributed by atoms with van der Waals surface area (Å²) in [6.45, 7) is 2.82. The van der Waals surface area contributed by atoms with Crippen LogP contribution in [0.4, 0.5) is 11.4 Å². The van der Waals surface area contributed by atoms with Crippen LogP contribution in [-0.2, 0) is 4.79 Å². The normalized spacial score (nSPS) is 21.6. The summed E-state index contributed by atoms with van der Waals surface area (Å²) in [5.74, 6) is 0.432. The Balaban J connectivity index is 2.19. The number of rotatable bonds is 4. The lowest BCUT2D eigenvalue weighted by Gasteiger charge is -2.29. The van der Waals surface area contributed by atoms with E-state index in [2.05, 4.69) is 10.6 Å². The number of anilines is 1. The largest absolute Gasteiger partial charge is 0.495 e. The standard InChI is InChI=1S/C14H19N3O4/c1-9-4-3-7-15-13(9)14(18)16-11-8-10(17(19)20)5-6-12(11)21-2/h5-6,8-9,13,15H,3-4,7H2,1-2H3,(H,16,18). The van der Waals surface area contributed by atoms with Crippen molar-refractivity contribution < 1.29 is 14.5 Å². The Hall–Kier alpha value is -2.15. The third kappa shape index (κ3) is 3.49. The van der Waals surface area contributed by atoms with Gasteiger partial charge in [0.25, 0.3) is 5.69 Å². The molecule has 7 nitrogen and oxygen atoms in total. The number of hydrogen-bond donors (Lipinski definition) is 2. The van der Waals surface area contributed by atoms with Crippen LogP contribution in [0, 0.1) is 16.0 Å². The third-order valence-corrected chi connectivity index (χ3v) is 3.70. The Bertz CT molecular complexity index is 547. The number of benzene rings is 1. The van der Waals surface area contributed by atoms with E-state index < -0.39 is 4.92 Å². The topological polar surface area (TPSA) is 93.5 Å². The summed E-state index contributed by atoms with van der Waals surface area (Å²) in [5, 5.41) is 16.7. The van der Waals surface area contributed by atoms with Crippen molar-refractivity contribution in [1.82, 2.24) is 5.32 Å². The van der Waals surface area contributed by atoms with Crippen LogP contribution in [0.5, 0.6) is 5.75 Å². The molecule has 0 radical (unpaired) electrons. The molecule has 2 atom stereocenters. The summed E-state index contributed by atoms with van der Waals surface area (Å²) in [5.41, 5.74) is 0.229. The van der Waals surface area contributed by atoms with Crippen LogP contribution in [0.1, 0.15) is 19.8 Å². The molecule has 1 aliphatic rings. The van der Waals surface area contributed by atoms with Crippen LogP contribution in [0.3, 0.4) is 0 Å². The Morgan fingerprint density at radius 3 is 2.90 bits per heavy atom. The van der Waals surface area contributed by atoms with Crippen molar-refractivity contribution in [3.63, 3.8) is 0 Å². The third-order valence-electron chi connectivity index (χ3n) is 3.70. The SMILES string of the molecule is COc1ccc([N+](=O)[O-])cc1NC(=O)C1NCCCC1C. The van der Waals surface area contributed by atoms with Crippen LogP contribution in [0.25, 0.3) is 0 Å². The number of nitrogens with zero attached hydrogens (tertiary/aromatic N) is 1. The lowest BCUT2D eigenvalue weighted by Crippen LogP contribution is -2.48. The number of hydrogen-bond acceptors (Lipinski definition) is 5. The van der Waals surface area contributed by atoms with Gasteiger partial charge in [0, 0.05) is 12.1 Å². The van der Waals surface area contributed by atoms with E-state index in [1.807, 2.05) is 6.92 Å². The van der Waals surface area contributed by atoms with Gasteiger partial charge < -0.3 is 15.4 Å². The number of ether oxygens (including phenoxy) is 1. The highest BCUT2D eigenvalue weighted by Gasteiger charge is 2.28. The molecule has 0 saturated carbocycles. The summed E-state index contributed by atoms with van der Waals surface area (Å²) >= 11 is 0. The molecule has 1 fully saturated rings. The first-order valence-electron chi connectivity index (χ1n) is 6.89. The van der Waals surface area contributed by atoms with Crippen molar-refractivity contribution in [2.24, 2.45) is 5.92 Å². The van der Waals surface area contributed by atoms with E-state index in [9.17, 15) is 14.9 Å². The molecule has 2 rings (SSSR count). The van der Waals surface area contributed by atoms with E-state index in [4.69, 9.17) is 4.74 Å². The Morgan fingerprint density at radius 1 is 1.52 bits per heavy atom. The van der Waals surface area contributed by atoms with Crippen molar-refractivity contribution in [3.8, 4) is 5.75 Å². The second-order valence-corrected chi connectivity index (χ2v) is 5.18. The van der Waals surface area contributed by atoms with E-state index in [0.29, 0.717) is 11.4 Å². The Morgan fingerprint density at radius 2 is 2.29 bits per heavy atom. The number of nitro benzene ring substituents is 1. The highest BCUT2D eigenvalue weighted by atomic mass is 16.6. The molecule has 0 spiro atoms. The molecule has 1 aliphatic heterocycles. The molecule has 2 N–H and O–H groups in total. The first-order chi connectivity index (χ1) is 10.0. The zero-order valence-corrected chi connectivity index (χ0v) is 12.1. The number of methoxy groups -OCH3 is 1. The molecule has 114 valence electrons. The Kier molecular flexibility index (Phi) is 4.74. The van der Waals surface area contributed by atoms with E-state index in [0.717, 1.165) is 19.4 Å². The first-order valence-corrected chi connectivity index (χ1v) is 6.89. The molecule has 0 aliphatic carbocycles. The fourth-order valence-electron chi connectivity index (χ4n) is 2.52. The zero-order chi connectivity index (χ0) is 15.4. The molecular weight excluding hydrogens is 274 g/mol. The van der Waals surface area contributed by atoms with Gasteiger partial charge in [0.2, 0.25) is 5.91 Å². The van der Waals surface area contributed by atoms with Crippen LogP contribution >= 0.6 is 0 Å². The van der Waals surface area contributed by atoms with Gasteiger partial charge in [0.15, 0.2) is 0 Å². The second-order valence-electron chi connectivity index (χ2n) is 5.18. The quantitative estimate of drug-likeness (QED) is 0.653. The predicted molar refractivity (Wildman–Crippen MR) is 78.5 cm³/mol. The first kappa shape index (κ1) is 15.2. The minimum Gasteiger partial charge on any atom is -0.495 e. The lowest BCUT2D eigenvalue weighted by atomic mass is 9.92. The predicted octanol–water partition coefficient (Wildman–Crippen LogP) is 1.93. The number of carbonyl (C=O) groups is 1. The number of piperidine rings is 1. The fourth-order valence-corrected chi connectivity index (χ4v) is 2.52. The van der Waals surface area contributed by atoms with E-state index in [-0.39, 0.29) is 23.6 Å². The molecule has 0 bridgehead atoms. The van der Waals surface area contributed by atoms with E-state index in [1.54, 1.807) is 0 Å². The van der Waals surface area contributed by atoms with Crippen molar-refractivity contribution >= 4 is 17.3 Å². The van der Waals surface area contributed by atoms with Crippen molar-refractivity contribution in [3.05, 3.63) is 28.3 Å². The molecule has 1 amide bonds. The maximum absolute atomic E-state index is 12.3. The van der Waals surface area contributed by atoms with Crippen LogP contribution in [-0.4, -0.2) is 30.5 Å². The molecule has 1 aromatic rings. The number of nitrogens with one attached hydrogen (secondary N) is 2. The van der Waals surface area contributed by atoms with Gasteiger partial charge in [0.05, 0.1) is 23.8 Å².